The lowest BCUT2D eigenvalue weighted by atomic mass is 9.95. The molecule has 5 rings (SSSR count). The lowest BCUT2D eigenvalue weighted by Crippen LogP contribution is -2.43. The van der Waals surface area contributed by atoms with Crippen LogP contribution in [0.25, 0.3) is 10.9 Å². The first-order valence-electron chi connectivity index (χ1n) is 10.6. The SMILES string of the molecule is [2H]C([2H])(Oc1nc(N(C)C2C[C@@H]2F)c2cnc(Cl)c(F)c2n1)C12CCCN1CC(F)C2. The zero-order valence-electron chi connectivity index (χ0n) is 17.7. The Morgan fingerprint density at radius 2 is 2.24 bits per heavy atom. The van der Waals surface area contributed by atoms with Gasteiger partial charge in [-0.3, -0.25) is 4.90 Å². The van der Waals surface area contributed by atoms with Crippen LogP contribution in [0.4, 0.5) is 19.0 Å². The average molecular weight is 430 g/mol. The van der Waals surface area contributed by atoms with Crippen molar-refractivity contribution in [2.45, 2.75) is 49.6 Å². The van der Waals surface area contributed by atoms with Gasteiger partial charge in [-0.15, -0.1) is 0 Å². The molecule has 0 radical (unpaired) electrons. The fourth-order valence-corrected chi connectivity index (χ4v) is 4.56. The second-order valence-corrected chi connectivity index (χ2v) is 8.33. The van der Waals surface area contributed by atoms with Crippen LogP contribution in [0.3, 0.4) is 0 Å². The Kier molecular flexibility index (Phi) is 3.98. The first-order valence-corrected chi connectivity index (χ1v) is 9.97. The highest BCUT2D eigenvalue weighted by Gasteiger charge is 2.49. The van der Waals surface area contributed by atoms with Crippen molar-refractivity contribution < 1.29 is 20.6 Å². The van der Waals surface area contributed by atoms with E-state index < -0.39 is 47.5 Å². The molecule has 0 N–H and O–H groups in total. The van der Waals surface area contributed by atoms with Crippen LogP contribution in [0, 0.1) is 5.82 Å². The van der Waals surface area contributed by atoms with Crippen molar-refractivity contribution in [2.75, 3.05) is 31.6 Å². The summed E-state index contributed by atoms with van der Waals surface area (Å²) in [6.45, 7) is -1.61. The van der Waals surface area contributed by atoms with Gasteiger partial charge in [-0.2, -0.15) is 9.97 Å². The topological polar surface area (TPSA) is 54.4 Å². The highest BCUT2D eigenvalue weighted by Crippen LogP contribution is 2.41. The molecule has 1 aliphatic carbocycles. The smallest absolute Gasteiger partial charge is 0.319 e. The Morgan fingerprint density at radius 1 is 1.45 bits per heavy atom. The maximum atomic E-state index is 14.7. The number of hydrogen-bond acceptors (Lipinski definition) is 6. The third-order valence-electron chi connectivity index (χ3n) is 6.05. The molecule has 4 heterocycles. The number of rotatable bonds is 5. The quantitative estimate of drug-likeness (QED) is 0.680. The van der Waals surface area contributed by atoms with Gasteiger partial charge >= 0.3 is 6.01 Å². The van der Waals surface area contributed by atoms with Crippen LogP contribution in [0.2, 0.25) is 5.15 Å². The molecule has 29 heavy (non-hydrogen) atoms. The minimum atomic E-state index is -2.33. The minimum absolute atomic E-state index is 0.00391. The molecular weight excluding hydrogens is 407 g/mol. The number of pyridine rings is 1. The summed E-state index contributed by atoms with van der Waals surface area (Å²) in [4.78, 5) is 15.4. The molecule has 0 amide bonds. The summed E-state index contributed by atoms with van der Waals surface area (Å²) < 4.78 is 65.4. The Bertz CT molecular complexity index is 1050. The van der Waals surface area contributed by atoms with Crippen LogP contribution in [-0.4, -0.2) is 70.5 Å². The van der Waals surface area contributed by atoms with Crippen LogP contribution in [0.1, 0.15) is 28.4 Å². The molecule has 0 bridgehead atoms. The van der Waals surface area contributed by atoms with E-state index in [-0.39, 0.29) is 29.7 Å². The molecule has 2 aliphatic heterocycles. The summed E-state index contributed by atoms with van der Waals surface area (Å²) in [6.07, 6.45) is 0.546. The highest BCUT2D eigenvalue weighted by atomic mass is 35.5. The molecule has 10 heteroatoms. The second kappa shape index (κ2) is 6.84. The van der Waals surface area contributed by atoms with Crippen molar-refractivity contribution in [1.29, 1.82) is 0 Å². The summed E-state index contributed by atoms with van der Waals surface area (Å²) in [5.41, 5.74) is -1.35. The number of anilines is 1. The molecule has 3 aliphatic rings. The Morgan fingerprint density at radius 3 is 3.00 bits per heavy atom. The van der Waals surface area contributed by atoms with Gasteiger partial charge in [-0.05, 0) is 19.4 Å². The van der Waals surface area contributed by atoms with E-state index >= 15 is 0 Å². The normalized spacial score (nSPS) is 32.8. The number of halogens is 4. The fourth-order valence-electron chi connectivity index (χ4n) is 4.42. The van der Waals surface area contributed by atoms with Gasteiger partial charge in [0.1, 0.15) is 30.2 Å². The third kappa shape index (κ3) is 3.18. The van der Waals surface area contributed by atoms with E-state index in [4.69, 9.17) is 19.1 Å². The van der Waals surface area contributed by atoms with Crippen LogP contribution < -0.4 is 9.64 Å². The zero-order valence-corrected chi connectivity index (χ0v) is 16.5. The van der Waals surface area contributed by atoms with Crippen molar-refractivity contribution >= 4 is 28.3 Å². The van der Waals surface area contributed by atoms with Crippen LogP contribution in [0.15, 0.2) is 6.20 Å². The second-order valence-electron chi connectivity index (χ2n) is 7.97. The van der Waals surface area contributed by atoms with E-state index in [9.17, 15) is 13.2 Å². The molecule has 4 atom stereocenters. The molecule has 6 nitrogen and oxygen atoms in total. The largest absolute Gasteiger partial charge is 0.461 e. The standard InChI is InChI=1S/C19H21ClF3N5O/c1-27(13-5-12(13)22)17-11-7-24-16(20)14(23)15(11)25-18(26-17)29-9-19-3-2-4-28(19)8-10(21)6-19/h7,10,12-13H,2-6,8-9H2,1H3/t10?,12-,13?,19?/m0/s1/i9D2. The van der Waals surface area contributed by atoms with E-state index in [1.54, 1.807) is 16.8 Å². The molecule has 1 saturated carbocycles. The number of hydrogen-bond donors (Lipinski definition) is 0. The lowest BCUT2D eigenvalue weighted by Gasteiger charge is -2.31. The van der Waals surface area contributed by atoms with Crippen molar-refractivity contribution in [3.05, 3.63) is 17.2 Å². The molecule has 2 aromatic heterocycles. The monoisotopic (exact) mass is 429 g/mol. The number of alkyl halides is 2. The maximum Gasteiger partial charge on any atom is 0.319 e. The molecule has 0 aromatic carbocycles. The first-order chi connectivity index (χ1) is 14.6. The summed E-state index contributed by atoms with van der Waals surface area (Å²) in [5, 5.41) is -0.193. The van der Waals surface area contributed by atoms with Gasteiger partial charge in [-0.1, -0.05) is 11.6 Å². The summed E-state index contributed by atoms with van der Waals surface area (Å²) >= 11 is 5.81. The zero-order chi connectivity index (χ0) is 22.1. The predicted octanol–water partition coefficient (Wildman–Crippen LogP) is 3.32. The van der Waals surface area contributed by atoms with Gasteiger partial charge in [0, 0.05) is 32.6 Å². The third-order valence-corrected chi connectivity index (χ3v) is 6.31. The molecule has 3 unspecified atom stereocenters. The minimum Gasteiger partial charge on any atom is -0.461 e. The molecule has 156 valence electrons. The van der Waals surface area contributed by atoms with E-state index in [0.717, 1.165) is 6.42 Å². The van der Waals surface area contributed by atoms with Gasteiger partial charge in [0.2, 0.25) is 0 Å². The van der Waals surface area contributed by atoms with Crippen molar-refractivity contribution in [3.63, 3.8) is 0 Å². The van der Waals surface area contributed by atoms with Crippen LogP contribution in [-0.2, 0) is 0 Å². The molecule has 3 fully saturated rings. The highest BCUT2D eigenvalue weighted by molar-refractivity contribution is 6.30. The first kappa shape index (κ1) is 16.9. The number of aromatic nitrogens is 3. The van der Waals surface area contributed by atoms with Crippen LogP contribution >= 0.6 is 11.6 Å². The van der Waals surface area contributed by atoms with Gasteiger partial charge in [0.05, 0.1) is 19.7 Å². The molecule has 2 saturated heterocycles. The lowest BCUT2D eigenvalue weighted by molar-refractivity contribution is 0.107. The Labute approximate surface area is 173 Å². The Balaban J connectivity index is 1.57. The van der Waals surface area contributed by atoms with Crippen LogP contribution in [0.5, 0.6) is 6.01 Å². The number of ether oxygens (including phenoxy) is 1. The average Bonchev–Trinajstić information content (AvgIpc) is 3.13. The number of nitrogens with zero attached hydrogens (tertiary/aromatic N) is 5. The summed E-state index contributed by atoms with van der Waals surface area (Å²) in [6, 6.07) is -0.854. The van der Waals surface area contributed by atoms with E-state index in [2.05, 4.69) is 15.0 Å². The maximum absolute atomic E-state index is 14.7. The summed E-state index contributed by atoms with van der Waals surface area (Å²) in [7, 11) is 1.61. The van der Waals surface area contributed by atoms with Gasteiger partial charge in [0.25, 0.3) is 0 Å². The van der Waals surface area contributed by atoms with Gasteiger partial charge < -0.3 is 9.64 Å². The number of fused-ring (bicyclic) bond motifs is 2. The van der Waals surface area contributed by atoms with E-state index in [1.165, 1.54) is 6.20 Å². The van der Waals surface area contributed by atoms with Crippen molar-refractivity contribution in [2.24, 2.45) is 0 Å². The van der Waals surface area contributed by atoms with Gasteiger partial charge in [-0.25, -0.2) is 18.2 Å². The van der Waals surface area contributed by atoms with Crippen molar-refractivity contribution in [1.82, 2.24) is 19.9 Å². The summed E-state index contributed by atoms with van der Waals surface area (Å²) in [5.74, 6) is -0.737. The van der Waals surface area contributed by atoms with Crippen molar-refractivity contribution in [3.8, 4) is 6.01 Å². The molecule has 2 aromatic rings. The molecule has 0 spiro atoms. The van der Waals surface area contributed by atoms with E-state index in [0.29, 0.717) is 19.4 Å². The van der Waals surface area contributed by atoms with E-state index in [1.807, 2.05) is 0 Å². The van der Waals surface area contributed by atoms with Gasteiger partial charge in [0.15, 0.2) is 11.0 Å². The fraction of sp³-hybridized carbons (Fsp3) is 0.632. The molecular formula is C19H21ClF3N5O. The predicted molar refractivity (Wildman–Crippen MR) is 103 cm³/mol. The Hall–Kier alpha value is -1.87.